The molecule has 3 heterocycles. The summed E-state index contributed by atoms with van der Waals surface area (Å²) in [6.07, 6.45) is 3.44. The molecular formula is C59H96F3N9O13. The molecule has 2 aliphatic heterocycles. The Bertz CT molecular complexity index is 2420. The number of halogens is 3. The third-order valence-electron chi connectivity index (χ3n) is 16.1. The predicted octanol–water partition coefficient (Wildman–Crippen LogP) is 5.66. The molecule has 2 aliphatic rings. The fraction of sp³-hybridized carbons (Fsp3) is 0.729. The van der Waals surface area contributed by atoms with E-state index in [4.69, 9.17) is 35.1 Å². The van der Waals surface area contributed by atoms with E-state index in [0.717, 1.165) is 42.1 Å². The van der Waals surface area contributed by atoms with Gasteiger partial charge >= 0.3 is 18.1 Å². The van der Waals surface area contributed by atoms with Crippen LogP contribution in [0.1, 0.15) is 138 Å². The lowest BCUT2D eigenvalue weighted by Crippen LogP contribution is -2.60. The number of fused-ring (bicyclic) bond motifs is 1. The van der Waals surface area contributed by atoms with Gasteiger partial charge in [-0.15, -0.1) is 0 Å². The summed E-state index contributed by atoms with van der Waals surface area (Å²) in [6.45, 7) is 16.0. The number of alkyl halides is 3. The largest absolute Gasteiger partial charge is 0.490 e. The van der Waals surface area contributed by atoms with Crippen molar-refractivity contribution >= 4 is 58.3 Å². The van der Waals surface area contributed by atoms with E-state index in [2.05, 4.69) is 20.9 Å². The van der Waals surface area contributed by atoms with Crippen LogP contribution in [0.3, 0.4) is 0 Å². The molecule has 25 heteroatoms. The van der Waals surface area contributed by atoms with E-state index in [0.29, 0.717) is 84.2 Å². The molecule has 1 aromatic heterocycles. The van der Waals surface area contributed by atoms with E-state index in [9.17, 15) is 46.7 Å². The third-order valence-corrected chi connectivity index (χ3v) is 16.1. The van der Waals surface area contributed by atoms with Gasteiger partial charge in [0.15, 0.2) is 0 Å². The van der Waals surface area contributed by atoms with Crippen molar-refractivity contribution in [3.8, 4) is 0 Å². The highest BCUT2D eigenvalue weighted by Crippen LogP contribution is 2.31. The van der Waals surface area contributed by atoms with Crippen molar-refractivity contribution in [3.63, 3.8) is 0 Å². The molecule has 6 amide bonds. The van der Waals surface area contributed by atoms with Crippen LogP contribution in [-0.4, -0.2) is 198 Å². The van der Waals surface area contributed by atoms with Crippen LogP contribution in [0, 0.1) is 23.7 Å². The van der Waals surface area contributed by atoms with Crippen molar-refractivity contribution < 1.29 is 76.1 Å². The monoisotopic (exact) mass is 1200 g/mol. The van der Waals surface area contributed by atoms with Crippen LogP contribution in [0.15, 0.2) is 30.5 Å². The number of likely N-dealkylation sites (N-methyl/N-ethyl adjacent to an activating group) is 2. The molecule has 84 heavy (non-hydrogen) atoms. The van der Waals surface area contributed by atoms with Gasteiger partial charge in [0.1, 0.15) is 18.1 Å². The second kappa shape index (κ2) is 35.5. The van der Waals surface area contributed by atoms with Crippen molar-refractivity contribution in [2.45, 2.75) is 193 Å². The van der Waals surface area contributed by atoms with E-state index >= 15 is 0 Å². The van der Waals surface area contributed by atoms with Crippen molar-refractivity contribution in [3.05, 3.63) is 36.0 Å². The van der Waals surface area contributed by atoms with Gasteiger partial charge in [-0.2, -0.15) is 13.2 Å². The SMILES string of the molecule is CC[C@H](C)[C@@H]([C@@H](CC(=O)N1CCC[C@H]1[C@H](OC)[C@@H](C)C(=O)N[C@@H](Cc1c[nH]c2ccccc12)C(=O)N1CCCCO1)OC)N(C)C(=O)[C@@H](NC(=O)[C@H](C(C)C)N(C)CCCCCC(=O)NCCCC[C@H](N)C(=O)O)C(C)C.O=C(O)C(F)(F)F. The van der Waals surface area contributed by atoms with Crippen LogP contribution in [0.4, 0.5) is 13.2 Å². The maximum atomic E-state index is 14.7. The lowest BCUT2D eigenvalue weighted by atomic mass is 9.89. The molecule has 2 fully saturated rings. The molecule has 0 unspecified atom stereocenters. The van der Waals surface area contributed by atoms with Crippen LogP contribution in [0.5, 0.6) is 0 Å². The summed E-state index contributed by atoms with van der Waals surface area (Å²) in [4.78, 5) is 119. The highest BCUT2D eigenvalue weighted by molar-refractivity contribution is 5.91. The number of aliphatic carboxylic acids is 2. The number of nitrogens with one attached hydrogen (secondary N) is 4. The molecule has 476 valence electrons. The predicted molar refractivity (Wildman–Crippen MR) is 310 cm³/mol. The molecule has 0 spiro atoms. The third kappa shape index (κ3) is 21.9. The molecule has 0 aliphatic carbocycles. The van der Waals surface area contributed by atoms with Crippen molar-refractivity contribution in [2.24, 2.45) is 29.4 Å². The van der Waals surface area contributed by atoms with Crippen LogP contribution in [-0.2, 0) is 59.1 Å². The Morgan fingerprint density at radius 1 is 0.869 bits per heavy atom. The molecule has 2 saturated heterocycles. The molecule has 4 rings (SSSR count). The van der Waals surface area contributed by atoms with Crippen LogP contribution < -0.4 is 21.7 Å². The van der Waals surface area contributed by atoms with Crippen LogP contribution >= 0.6 is 0 Å². The number of nitrogens with zero attached hydrogens (tertiary/aromatic N) is 4. The normalized spacial score (nSPS) is 18.0. The first-order valence-electron chi connectivity index (χ1n) is 29.6. The minimum atomic E-state index is -5.08. The van der Waals surface area contributed by atoms with Gasteiger partial charge in [-0.25, -0.2) is 9.86 Å². The summed E-state index contributed by atoms with van der Waals surface area (Å²) in [5, 5.41) is 27.4. The Kier molecular flexibility index (Phi) is 30.6. The summed E-state index contributed by atoms with van der Waals surface area (Å²) in [5.41, 5.74) is 7.36. The number of aromatic amines is 1. The molecule has 0 bridgehead atoms. The zero-order chi connectivity index (χ0) is 63.0. The summed E-state index contributed by atoms with van der Waals surface area (Å²) in [6, 6.07) is 3.64. The number of aromatic nitrogens is 1. The molecule has 10 atom stereocenters. The Hall–Kier alpha value is -5.89. The summed E-state index contributed by atoms with van der Waals surface area (Å²) >= 11 is 0. The van der Waals surface area contributed by atoms with Gasteiger partial charge < -0.3 is 56.2 Å². The van der Waals surface area contributed by atoms with Crippen molar-refractivity contribution in [2.75, 3.05) is 61.1 Å². The molecule has 1 aromatic carbocycles. The molecule has 0 radical (unpaired) electrons. The summed E-state index contributed by atoms with van der Waals surface area (Å²) < 4.78 is 44.0. The second-order valence-corrected chi connectivity index (χ2v) is 23.0. The first-order chi connectivity index (χ1) is 39.6. The van der Waals surface area contributed by atoms with E-state index in [1.165, 1.54) is 12.2 Å². The number of para-hydroxylation sites is 1. The number of hydrogen-bond donors (Lipinski definition) is 7. The Labute approximate surface area is 493 Å². The molecule has 22 nitrogen and oxygen atoms in total. The van der Waals surface area contributed by atoms with Gasteiger partial charge in [-0.3, -0.25) is 43.3 Å². The zero-order valence-corrected chi connectivity index (χ0v) is 51.1. The summed E-state index contributed by atoms with van der Waals surface area (Å²) in [5.74, 6) is -6.46. The highest BCUT2D eigenvalue weighted by atomic mass is 19.4. The smallest absolute Gasteiger partial charge is 0.480 e. The number of ether oxygens (including phenoxy) is 2. The number of likely N-dealkylation sites (tertiary alicyclic amines) is 1. The topological polar surface area (TPSA) is 296 Å². The quantitative estimate of drug-likeness (QED) is 0.0425. The summed E-state index contributed by atoms with van der Waals surface area (Å²) in [7, 11) is 6.71. The fourth-order valence-electron chi connectivity index (χ4n) is 11.1. The number of amides is 6. The van der Waals surface area contributed by atoms with Crippen molar-refractivity contribution in [1.82, 2.24) is 40.7 Å². The standard InChI is InChI=1S/C57H95N9O11.C2HF3O2/c1-12-38(6)51(64(9)56(72)49(36(2)3)62-54(70)50(37(4)5)63(8)29-19-13-14-27-47(67)59-28-18-17-24-42(58)57(73)74)46(75-10)34-48(68)65-30-22-26-45(65)52(76-11)39(7)53(69)61-44(55(71)66-31-20-21-32-77-66)33-40-35-60-43-25-16-15-23-41(40)43;3-2(4,5)1(6)7/h15-16,23,25,35-39,42,44-46,49-52,60H,12-14,17-22,24,26-34,58H2,1-11H3,(H,59,67)(H,61,69)(H,62,70)(H,73,74);(H,6,7)/t38-,39+,42-,44-,45-,46+,49-,50-,51-,52+;/m0./s1. The molecule has 8 N–H and O–H groups in total. The maximum Gasteiger partial charge on any atom is 0.490 e. The first kappa shape index (κ1) is 72.4. The number of H-pyrrole nitrogens is 1. The minimum absolute atomic E-state index is 0.0387. The average molecular weight is 1200 g/mol. The first-order valence-corrected chi connectivity index (χ1v) is 29.6. The van der Waals surface area contributed by atoms with Gasteiger partial charge in [0.25, 0.3) is 5.91 Å². The number of unbranched alkanes of at least 4 members (excludes halogenated alkanes) is 3. The van der Waals surface area contributed by atoms with Gasteiger partial charge in [0.2, 0.25) is 29.5 Å². The van der Waals surface area contributed by atoms with Crippen LogP contribution in [0.2, 0.25) is 0 Å². The number of carbonyl (C=O) groups excluding carboxylic acids is 6. The van der Waals surface area contributed by atoms with Gasteiger partial charge in [0.05, 0.1) is 49.3 Å². The lowest BCUT2D eigenvalue weighted by molar-refractivity contribution is -0.199. The lowest BCUT2D eigenvalue weighted by Gasteiger charge is -2.41. The molecule has 0 saturated carbocycles. The maximum absolute atomic E-state index is 14.7. The minimum Gasteiger partial charge on any atom is -0.480 e. The Morgan fingerprint density at radius 3 is 2.13 bits per heavy atom. The Morgan fingerprint density at radius 2 is 1.55 bits per heavy atom. The molecule has 2 aromatic rings. The van der Waals surface area contributed by atoms with E-state index in [-0.39, 0.29) is 66.0 Å². The average Bonchev–Trinajstić information content (AvgIpc) is 3.90. The number of nitrogens with two attached hydrogens (primary N) is 1. The van der Waals surface area contributed by atoms with Crippen molar-refractivity contribution in [1.29, 1.82) is 0 Å². The number of methoxy groups -OCH3 is 2. The number of carboxylic acids is 2. The highest BCUT2D eigenvalue weighted by Gasteiger charge is 2.44. The molecular weight excluding hydrogens is 1100 g/mol. The number of carboxylic acid groups (broad SMARTS) is 2. The van der Waals surface area contributed by atoms with Crippen LogP contribution in [0.25, 0.3) is 10.9 Å². The van der Waals surface area contributed by atoms with Gasteiger partial charge in [-0.05, 0) is 101 Å². The second-order valence-electron chi connectivity index (χ2n) is 23.0. The number of benzene rings is 1. The van der Waals surface area contributed by atoms with Gasteiger partial charge in [-0.1, -0.05) is 79.5 Å². The Balaban J connectivity index is 0.00000247. The van der Waals surface area contributed by atoms with E-state index in [1.807, 2.05) is 84.0 Å². The number of rotatable bonds is 33. The number of carbonyl (C=O) groups is 8. The zero-order valence-electron chi connectivity index (χ0n) is 51.1. The fourth-order valence-corrected chi connectivity index (χ4v) is 11.1. The number of hydroxylamine groups is 2. The van der Waals surface area contributed by atoms with E-state index < -0.39 is 72.5 Å². The van der Waals surface area contributed by atoms with E-state index in [1.54, 1.807) is 30.9 Å². The number of hydrogen-bond acceptors (Lipinski definition) is 13. The van der Waals surface area contributed by atoms with Gasteiger partial charge in [0, 0.05) is 70.8 Å².